The van der Waals surface area contributed by atoms with Crippen molar-refractivity contribution in [1.29, 1.82) is 0 Å². The number of aryl methyl sites for hydroxylation is 1. The molecule has 3 atom stereocenters. The predicted molar refractivity (Wildman–Crippen MR) is 128 cm³/mol. The molecule has 1 aliphatic rings. The number of halogens is 8. The number of hydrogen-bond donors (Lipinski definition) is 0. The highest BCUT2D eigenvalue weighted by atomic mass is 31.0. The van der Waals surface area contributed by atoms with Gasteiger partial charge in [-0.3, -0.25) is 0 Å². The van der Waals surface area contributed by atoms with E-state index < -0.39 is 68.8 Å². The summed E-state index contributed by atoms with van der Waals surface area (Å²) in [6, 6.07) is 3.71. The second-order valence-electron chi connectivity index (χ2n) is 9.35. The Bertz CT molecular complexity index is 1270. The third kappa shape index (κ3) is 6.12. The fourth-order valence-corrected chi connectivity index (χ4v) is 4.68. The second-order valence-corrected chi connectivity index (χ2v) is 9.98. The van der Waals surface area contributed by atoms with E-state index >= 15 is 0 Å². The average Bonchev–Trinajstić information content (AvgIpc) is 2.81. The van der Waals surface area contributed by atoms with Gasteiger partial charge in [-0.1, -0.05) is 6.92 Å². The summed E-state index contributed by atoms with van der Waals surface area (Å²) in [4.78, 5) is 0. The van der Waals surface area contributed by atoms with Crippen LogP contribution in [-0.4, -0.2) is 12.7 Å². The van der Waals surface area contributed by atoms with Crippen LogP contribution in [0.5, 0.6) is 5.75 Å². The summed E-state index contributed by atoms with van der Waals surface area (Å²) in [5, 5.41) is -0.456. The lowest BCUT2D eigenvalue weighted by molar-refractivity contribution is -0.189. The van der Waals surface area contributed by atoms with Crippen LogP contribution in [0.2, 0.25) is 0 Å². The monoisotopic (exact) mass is 562 g/mol. The highest BCUT2D eigenvalue weighted by molar-refractivity contribution is 7.27. The number of hydrogen-bond acceptors (Lipinski definition) is 2. The van der Waals surface area contributed by atoms with E-state index in [1.165, 1.54) is 0 Å². The number of rotatable bonds is 7. The summed E-state index contributed by atoms with van der Waals surface area (Å²) < 4.78 is 125. The SMILES string of the molecule is CC1CCC(CCc2cc(F)c(-c3cc(F)c(C(F)(F)Oc4cc(F)c(F)c(P)c4)c(F)c3)c(F)c2)OC1. The highest BCUT2D eigenvalue weighted by Crippen LogP contribution is 2.38. The Hall–Kier alpha value is -2.71. The van der Waals surface area contributed by atoms with Crippen molar-refractivity contribution < 1.29 is 44.6 Å². The normalized spacial score (nSPS) is 18.1. The van der Waals surface area contributed by atoms with Gasteiger partial charge in [-0.15, -0.1) is 9.24 Å². The Labute approximate surface area is 216 Å². The minimum Gasteiger partial charge on any atom is -0.429 e. The van der Waals surface area contributed by atoms with Gasteiger partial charge in [0.15, 0.2) is 11.6 Å². The van der Waals surface area contributed by atoms with Crippen LogP contribution in [-0.2, 0) is 17.3 Å². The largest absolute Gasteiger partial charge is 0.432 e. The maximum atomic E-state index is 14.9. The van der Waals surface area contributed by atoms with Crippen LogP contribution in [0.15, 0.2) is 36.4 Å². The maximum Gasteiger partial charge on any atom is 0.432 e. The first-order valence-electron chi connectivity index (χ1n) is 11.8. The molecule has 0 amide bonds. The van der Waals surface area contributed by atoms with Gasteiger partial charge in [0.2, 0.25) is 0 Å². The van der Waals surface area contributed by atoms with Crippen molar-refractivity contribution in [2.75, 3.05) is 6.61 Å². The predicted octanol–water partition coefficient (Wildman–Crippen LogP) is 7.56. The van der Waals surface area contributed by atoms with Crippen LogP contribution in [0.25, 0.3) is 11.1 Å². The van der Waals surface area contributed by atoms with Crippen LogP contribution < -0.4 is 10.0 Å². The summed E-state index contributed by atoms with van der Waals surface area (Å²) in [6.45, 7) is 2.68. The molecule has 1 aliphatic heterocycles. The molecule has 3 aromatic carbocycles. The van der Waals surface area contributed by atoms with Gasteiger partial charge in [-0.25, -0.2) is 26.3 Å². The number of ether oxygens (including phenoxy) is 2. The van der Waals surface area contributed by atoms with E-state index in [0.29, 0.717) is 49.1 Å². The van der Waals surface area contributed by atoms with E-state index in [0.717, 1.165) is 25.0 Å². The molecule has 0 aliphatic carbocycles. The average molecular weight is 562 g/mol. The van der Waals surface area contributed by atoms with E-state index in [4.69, 9.17) is 4.74 Å². The van der Waals surface area contributed by atoms with Crippen molar-refractivity contribution in [2.45, 2.75) is 44.8 Å². The molecule has 3 unspecified atom stereocenters. The molecule has 204 valence electrons. The van der Waals surface area contributed by atoms with Gasteiger partial charge in [0.1, 0.15) is 34.6 Å². The van der Waals surface area contributed by atoms with Crippen molar-refractivity contribution in [3.8, 4) is 16.9 Å². The van der Waals surface area contributed by atoms with Crippen molar-refractivity contribution in [3.05, 3.63) is 82.4 Å². The van der Waals surface area contributed by atoms with Gasteiger partial charge in [0.05, 0.1) is 11.7 Å². The van der Waals surface area contributed by atoms with Crippen molar-refractivity contribution >= 4 is 14.5 Å². The fraction of sp³-hybridized carbons (Fsp3) is 0.333. The first-order valence-corrected chi connectivity index (χ1v) is 12.3. The van der Waals surface area contributed by atoms with E-state index in [-0.39, 0.29) is 12.2 Å². The van der Waals surface area contributed by atoms with Crippen molar-refractivity contribution in [2.24, 2.45) is 5.92 Å². The molecule has 38 heavy (non-hydrogen) atoms. The first kappa shape index (κ1) is 28.3. The van der Waals surface area contributed by atoms with Crippen molar-refractivity contribution in [1.82, 2.24) is 0 Å². The van der Waals surface area contributed by atoms with E-state index in [1.54, 1.807) is 9.24 Å². The zero-order chi connectivity index (χ0) is 27.8. The van der Waals surface area contributed by atoms with E-state index in [2.05, 4.69) is 11.7 Å². The molecule has 0 saturated carbocycles. The second kappa shape index (κ2) is 11.2. The lowest BCUT2D eigenvalue weighted by Crippen LogP contribution is -2.26. The molecule has 1 heterocycles. The van der Waals surface area contributed by atoms with Gasteiger partial charge in [0, 0.05) is 18.0 Å². The maximum absolute atomic E-state index is 14.9. The minimum absolute atomic E-state index is 0.0364. The molecule has 3 aromatic rings. The third-order valence-electron chi connectivity index (χ3n) is 6.35. The molecular weight excluding hydrogens is 539 g/mol. The zero-order valence-electron chi connectivity index (χ0n) is 20.1. The van der Waals surface area contributed by atoms with E-state index in [9.17, 15) is 35.1 Å². The molecule has 0 spiro atoms. The van der Waals surface area contributed by atoms with E-state index in [1.807, 2.05) is 0 Å². The van der Waals surface area contributed by atoms with Gasteiger partial charge in [0.25, 0.3) is 0 Å². The lowest BCUT2D eigenvalue weighted by Gasteiger charge is -2.26. The standard InChI is InChI=1S/C27H23F8O2P/c1-13-2-4-16(36-12-13)5-3-14-6-18(28)24(19(29)7-14)15-8-20(30)25(21(31)9-15)27(34,35)37-17-10-22(32)26(33)23(38)11-17/h6-11,13,16H,2-5,12,38H2,1H3. The van der Waals surface area contributed by atoms with Crippen LogP contribution >= 0.6 is 9.24 Å². The van der Waals surface area contributed by atoms with Gasteiger partial charge >= 0.3 is 6.11 Å². The van der Waals surface area contributed by atoms with Crippen LogP contribution in [0.1, 0.15) is 37.3 Å². The molecule has 11 heteroatoms. The van der Waals surface area contributed by atoms with Crippen LogP contribution in [0, 0.1) is 40.8 Å². The summed E-state index contributed by atoms with van der Waals surface area (Å²) in [5.41, 5.74) is -3.00. The van der Waals surface area contributed by atoms with Crippen molar-refractivity contribution in [3.63, 3.8) is 0 Å². The number of benzene rings is 3. The molecule has 0 N–H and O–H groups in total. The summed E-state index contributed by atoms with van der Waals surface area (Å²) >= 11 is 0. The van der Waals surface area contributed by atoms with Crippen LogP contribution in [0.4, 0.5) is 35.1 Å². The summed E-state index contributed by atoms with van der Waals surface area (Å²) in [6.07, 6.45) is -2.05. The van der Waals surface area contributed by atoms with Gasteiger partial charge < -0.3 is 9.47 Å². The highest BCUT2D eigenvalue weighted by Gasteiger charge is 2.41. The summed E-state index contributed by atoms with van der Waals surface area (Å²) in [7, 11) is 1.76. The molecular formula is C27H23F8O2P. The minimum atomic E-state index is -4.67. The van der Waals surface area contributed by atoms with Gasteiger partial charge in [-0.2, -0.15) is 8.78 Å². The molecule has 4 rings (SSSR count). The molecule has 0 bridgehead atoms. The Morgan fingerprint density at radius 1 is 0.868 bits per heavy atom. The molecule has 0 aromatic heterocycles. The Morgan fingerprint density at radius 3 is 2.05 bits per heavy atom. The quantitative estimate of drug-likeness (QED) is 0.219. The zero-order valence-corrected chi connectivity index (χ0v) is 21.2. The summed E-state index contributed by atoms with van der Waals surface area (Å²) in [5.74, 6) is -9.26. The molecule has 1 saturated heterocycles. The first-order chi connectivity index (χ1) is 17.9. The topological polar surface area (TPSA) is 18.5 Å². The Kier molecular flexibility index (Phi) is 8.33. The molecule has 2 nitrogen and oxygen atoms in total. The van der Waals surface area contributed by atoms with Crippen LogP contribution in [0.3, 0.4) is 0 Å². The molecule has 0 radical (unpaired) electrons. The third-order valence-corrected chi connectivity index (χ3v) is 6.77. The fourth-order valence-electron chi connectivity index (χ4n) is 4.38. The molecule has 1 fully saturated rings. The number of alkyl halides is 2. The Balaban J connectivity index is 1.57. The smallest absolute Gasteiger partial charge is 0.429 e. The van der Waals surface area contributed by atoms with Gasteiger partial charge in [-0.05, 0) is 73.1 Å². The Morgan fingerprint density at radius 2 is 1.50 bits per heavy atom. The lowest BCUT2D eigenvalue weighted by atomic mass is 9.95.